The van der Waals surface area contributed by atoms with Gasteiger partial charge in [0.25, 0.3) is 0 Å². The number of hydrogen-bond donors (Lipinski definition) is 3. The molecule has 0 aliphatic carbocycles. The van der Waals surface area contributed by atoms with E-state index in [4.69, 9.17) is 10.6 Å². The average molecular weight is 251 g/mol. The van der Waals surface area contributed by atoms with E-state index in [1.54, 1.807) is 12.1 Å². The highest BCUT2D eigenvalue weighted by Crippen LogP contribution is 2.16. The Balaban J connectivity index is 2.48. The molecule has 0 saturated heterocycles. The van der Waals surface area contributed by atoms with Gasteiger partial charge in [0.05, 0.1) is 12.6 Å². The zero-order chi connectivity index (χ0) is 13.5. The van der Waals surface area contributed by atoms with Crippen LogP contribution >= 0.6 is 0 Å². The molecule has 0 heterocycles. The molecule has 100 valence electrons. The molecule has 1 unspecified atom stereocenters. The SMILES string of the molecule is CC(C)CONC(C)c1ccc(NC(N)=O)cc1. The quantitative estimate of drug-likeness (QED) is 0.679. The van der Waals surface area contributed by atoms with E-state index in [2.05, 4.69) is 24.6 Å². The number of amides is 2. The summed E-state index contributed by atoms with van der Waals surface area (Å²) in [5.74, 6) is 0.492. The van der Waals surface area contributed by atoms with Crippen LogP contribution in [0.3, 0.4) is 0 Å². The van der Waals surface area contributed by atoms with Gasteiger partial charge in [-0.3, -0.25) is 0 Å². The van der Waals surface area contributed by atoms with Crippen LogP contribution in [-0.4, -0.2) is 12.6 Å². The minimum Gasteiger partial charge on any atom is -0.351 e. The first-order valence-corrected chi connectivity index (χ1v) is 6.02. The fraction of sp³-hybridized carbons (Fsp3) is 0.462. The Morgan fingerprint density at radius 1 is 1.28 bits per heavy atom. The Bertz CT molecular complexity index is 376. The standard InChI is InChI=1S/C13H21N3O2/c1-9(2)8-18-16-10(3)11-4-6-12(7-5-11)15-13(14)17/h4-7,9-10,16H,8H2,1-3H3,(H3,14,15,17). The smallest absolute Gasteiger partial charge is 0.316 e. The summed E-state index contributed by atoms with van der Waals surface area (Å²) in [4.78, 5) is 16.0. The summed E-state index contributed by atoms with van der Waals surface area (Å²) in [5, 5.41) is 2.52. The van der Waals surface area contributed by atoms with E-state index in [1.165, 1.54) is 0 Å². The van der Waals surface area contributed by atoms with Gasteiger partial charge in [0.1, 0.15) is 0 Å². The van der Waals surface area contributed by atoms with Crippen LogP contribution in [0.5, 0.6) is 0 Å². The maximum Gasteiger partial charge on any atom is 0.316 e. The highest BCUT2D eigenvalue weighted by atomic mass is 16.6. The van der Waals surface area contributed by atoms with E-state index in [0.717, 1.165) is 5.56 Å². The van der Waals surface area contributed by atoms with E-state index in [1.807, 2.05) is 19.1 Å². The lowest BCUT2D eigenvalue weighted by Crippen LogP contribution is -2.22. The third kappa shape index (κ3) is 5.16. The second-order valence-corrected chi connectivity index (χ2v) is 4.66. The number of nitrogens with two attached hydrogens (primary N) is 1. The molecule has 0 fully saturated rings. The minimum atomic E-state index is -0.561. The van der Waals surface area contributed by atoms with Crippen LogP contribution in [-0.2, 0) is 4.84 Å². The molecule has 1 aromatic rings. The highest BCUT2D eigenvalue weighted by molar-refractivity contribution is 5.87. The van der Waals surface area contributed by atoms with Crippen molar-refractivity contribution >= 4 is 11.7 Å². The molecular formula is C13H21N3O2. The lowest BCUT2D eigenvalue weighted by Gasteiger charge is -2.15. The number of hydroxylamine groups is 1. The molecule has 0 bridgehead atoms. The van der Waals surface area contributed by atoms with Crippen LogP contribution in [0.4, 0.5) is 10.5 Å². The van der Waals surface area contributed by atoms with Gasteiger partial charge in [-0.05, 0) is 30.5 Å². The fourth-order valence-electron chi connectivity index (χ4n) is 1.41. The Kier molecular flexibility index (Phi) is 5.61. The first kappa shape index (κ1) is 14.5. The number of urea groups is 1. The molecule has 18 heavy (non-hydrogen) atoms. The molecule has 5 heteroatoms. The highest BCUT2D eigenvalue weighted by Gasteiger charge is 2.05. The zero-order valence-corrected chi connectivity index (χ0v) is 11.1. The molecule has 0 aromatic heterocycles. The number of rotatable bonds is 6. The summed E-state index contributed by atoms with van der Waals surface area (Å²) >= 11 is 0. The van der Waals surface area contributed by atoms with Gasteiger partial charge in [-0.25, -0.2) is 4.79 Å². The summed E-state index contributed by atoms with van der Waals surface area (Å²) in [6, 6.07) is 6.98. The van der Waals surface area contributed by atoms with Gasteiger partial charge >= 0.3 is 6.03 Å². The van der Waals surface area contributed by atoms with Crippen molar-refractivity contribution < 1.29 is 9.63 Å². The zero-order valence-electron chi connectivity index (χ0n) is 11.1. The predicted molar refractivity (Wildman–Crippen MR) is 72.0 cm³/mol. The fourth-order valence-corrected chi connectivity index (χ4v) is 1.41. The Hall–Kier alpha value is -1.59. The van der Waals surface area contributed by atoms with Gasteiger partial charge in [-0.15, -0.1) is 0 Å². The Labute approximate surface area is 108 Å². The van der Waals surface area contributed by atoms with E-state index in [-0.39, 0.29) is 6.04 Å². The third-order valence-corrected chi connectivity index (χ3v) is 2.35. The van der Waals surface area contributed by atoms with Crippen molar-refractivity contribution in [2.75, 3.05) is 11.9 Å². The molecule has 1 aromatic carbocycles. The molecule has 0 aliphatic heterocycles. The maximum absolute atomic E-state index is 10.7. The molecule has 4 N–H and O–H groups in total. The summed E-state index contributed by atoms with van der Waals surface area (Å²) in [7, 11) is 0. The van der Waals surface area contributed by atoms with Gasteiger partial charge < -0.3 is 15.9 Å². The van der Waals surface area contributed by atoms with Gasteiger partial charge in [-0.1, -0.05) is 26.0 Å². The Morgan fingerprint density at radius 2 is 1.89 bits per heavy atom. The van der Waals surface area contributed by atoms with Crippen molar-refractivity contribution in [3.63, 3.8) is 0 Å². The van der Waals surface area contributed by atoms with Gasteiger partial charge in [-0.2, -0.15) is 5.48 Å². The van der Waals surface area contributed by atoms with Crippen LogP contribution in [0.2, 0.25) is 0 Å². The number of hydrogen-bond acceptors (Lipinski definition) is 3. The molecule has 1 rings (SSSR count). The predicted octanol–water partition coefficient (Wildman–Crippen LogP) is 2.42. The lowest BCUT2D eigenvalue weighted by molar-refractivity contribution is 0.00409. The second-order valence-electron chi connectivity index (χ2n) is 4.66. The molecule has 0 radical (unpaired) electrons. The van der Waals surface area contributed by atoms with Crippen molar-refractivity contribution in [1.82, 2.24) is 5.48 Å². The second kappa shape index (κ2) is 6.98. The summed E-state index contributed by atoms with van der Waals surface area (Å²) < 4.78 is 0. The maximum atomic E-state index is 10.7. The molecular weight excluding hydrogens is 230 g/mol. The van der Waals surface area contributed by atoms with E-state index in [9.17, 15) is 4.79 Å². The minimum absolute atomic E-state index is 0.0892. The number of benzene rings is 1. The van der Waals surface area contributed by atoms with Crippen molar-refractivity contribution in [3.05, 3.63) is 29.8 Å². The van der Waals surface area contributed by atoms with Crippen LogP contribution in [0.15, 0.2) is 24.3 Å². The lowest BCUT2D eigenvalue weighted by atomic mass is 10.1. The van der Waals surface area contributed by atoms with E-state index >= 15 is 0 Å². The third-order valence-electron chi connectivity index (χ3n) is 2.35. The monoisotopic (exact) mass is 251 g/mol. The largest absolute Gasteiger partial charge is 0.351 e. The summed E-state index contributed by atoms with van der Waals surface area (Å²) in [5.41, 5.74) is 9.77. The summed E-state index contributed by atoms with van der Waals surface area (Å²) in [6.07, 6.45) is 0. The first-order valence-electron chi connectivity index (χ1n) is 6.02. The topological polar surface area (TPSA) is 76.4 Å². The van der Waals surface area contributed by atoms with E-state index < -0.39 is 6.03 Å². The average Bonchev–Trinajstić information content (AvgIpc) is 2.28. The molecule has 0 saturated carbocycles. The number of carbonyl (C=O) groups is 1. The normalized spacial score (nSPS) is 12.4. The van der Waals surface area contributed by atoms with Gasteiger partial charge in [0, 0.05) is 5.69 Å². The van der Waals surface area contributed by atoms with Crippen LogP contribution in [0.25, 0.3) is 0 Å². The van der Waals surface area contributed by atoms with Gasteiger partial charge in [0.15, 0.2) is 0 Å². The van der Waals surface area contributed by atoms with E-state index in [0.29, 0.717) is 18.2 Å². The van der Waals surface area contributed by atoms with Gasteiger partial charge in [0.2, 0.25) is 0 Å². The summed E-state index contributed by atoms with van der Waals surface area (Å²) in [6.45, 7) is 6.87. The number of carbonyl (C=O) groups excluding carboxylic acids is 1. The molecule has 5 nitrogen and oxygen atoms in total. The molecule has 2 amide bonds. The number of anilines is 1. The van der Waals surface area contributed by atoms with Crippen molar-refractivity contribution in [2.45, 2.75) is 26.8 Å². The van der Waals surface area contributed by atoms with Crippen molar-refractivity contribution in [1.29, 1.82) is 0 Å². The number of nitrogens with one attached hydrogen (secondary N) is 2. The van der Waals surface area contributed by atoms with Crippen molar-refractivity contribution in [2.24, 2.45) is 11.7 Å². The first-order chi connectivity index (χ1) is 8.49. The van der Waals surface area contributed by atoms with Crippen LogP contribution in [0, 0.1) is 5.92 Å². The molecule has 0 spiro atoms. The van der Waals surface area contributed by atoms with Crippen molar-refractivity contribution in [3.8, 4) is 0 Å². The number of primary amides is 1. The van der Waals surface area contributed by atoms with Crippen LogP contribution < -0.4 is 16.5 Å². The molecule has 0 aliphatic rings. The Morgan fingerprint density at radius 3 is 2.39 bits per heavy atom. The molecule has 1 atom stereocenters. The van der Waals surface area contributed by atoms with Crippen LogP contribution in [0.1, 0.15) is 32.4 Å².